The number of nitrogens with zero attached hydrogens (tertiary/aromatic N) is 1. The molecule has 146 valence electrons. The standard InChI is InChI=1S/C24H21ClN2O2/c1-27-20-11-7-6-10-19(20)21(22(25)16-8-4-3-5-9-16)23(27)24(28)26-17-12-14-18(29-2)15-13-17/h3-15,22H,1-2H3,(H,26,28). The highest BCUT2D eigenvalue weighted by molar-refractivity contribution is 6.25. The average molecular weight is 405 g/mol. The van der Waals surface area contributed by atoms with Gasteiger partial charge in [0.05, 0.1) is 12.5 Å². The minimum absolute atomic E-state index is 0.203. The Bertz CT molecular complexity index is 1150. The number of ether oxygens (including phenoxy) is 1. The number of para-hydroxylation sites is 1. The molecule has 0 aliphatic heterocycles. The smallest absolute Gasteiger partial charge is 0.272 e. The van der Waals surface area contributed by atoms with Crippen molar-refractivity contribution in [2.75, 3.05) is 12.4 Å². The Morgan fingerprint density at radius 2 is 1.62 bits per heavy atom. The quantitative estimate of drug-likeness (QED) is 0.429. The molecule has 1 N–H and O–H groups in total. The Balaban J connectivity index is 1.80. The second kappa shape index (κ2) is 8.02. The number of nitrogens with one attached hydrogen (secondary N) is 1. The van der Waals surface area contributed by atoms with Crippen molar-refractivity contribution < 1.29 is 9.53 Å². The third-order valence-corrected chi connectivity index (χ3v) is 5.52. The fourth-order valence-corrected chi connectivity index (χ4v) is 3.97. The van der Waals surface area contributed by atoms with E-state index in [1.807, 2.05) is 90.5 Å². The highest BCUT2D eigenvalue weighted by Crippen LogP contribution is 2.38. The Hall–Kier alpha value is -3.24. The number of amides is 1. The van der Waals surface area contributed by atoms with Gasteiger partial charge in [0.2, 0.25) is 0 Å². The lowest BCUT2D eigenvalue weighted by molar-refractivity contribution is 0.101. The summed E-state index contributed by atoms with van der Waals surface area (Å²) in [4.78, 5) is 13.3. The molecular formula is C24H21ClN2O2. The zero-order valence-electron chi connectivity index (χ0n) is 16.2. The van der Waals surface area contributed by atoms with Crippen LogP contribution in [0.15, 0.2) is 78.9 Å². The summed E-state index contributed by atoms with van der Waals surface area (Å²) in [5.74, 6) is 0.531. The topological polar surface area (TPSA) is 43.3 Å². The van der Waals surface area contributed by atoms with Crippen LogP contribution in [-0.4, -0.2) is 17.6 Å². The maximum Gasteiger partial charge on any atom is 0.272 e. The minimum Gasteiger partial charge on any atom is -0.497 e. The van der Waals surface area contributed by atoms with Crippen molar-refractivity contribution in [2.45, 2.75) is 5.38 Å². The van der Waals surface area contributed by atoms with Crippen molar-refractivity contribution in [1.29, 1.82) is 0 Å². The van der Waals surface area contributed by atoms with Gasteiger partial charge < -0.3 is 14.6 Å². The molecule has 4 nitrogen and oxygen atoms in total. The largest absolute Gasteiger partial charge is 0.497 e. The number of halogens is 1. The van der Waals surface area contributed by atoms with Gasteiger partial charge in [0.1, 0.15) is 11.4 Å². The van der Waals surface area contributed by atoms with Gasteiger partial charge in [-0.3, -0.25) is 4.79 Å². The van der Waals surface area contributed by atoms with E-state index in [2.05, 4.69) is 5.32 Å². The summed E-state index contributed by atoms with van der Waals surface area (Å²) in [7, 11) is 3.50. The number of carbonyl (C=O) groups is 1. The first-order valence-corrected chi connectivity index (χ1v) is 9.75. The predicted molar refractivity (Wildman–Crippen MR) is 118 cm³/mol. The second-order valence-electron chi connectivity index (χ2n) is 6.79. The molecule has 4 aromatic rings. The van der Waals surface area contributed by atoms with Crippen molar-refractivity contribution >= 4 is 34.1 Å². The van der Waals surface area contributed by atoms with Crippen molar-refractivity contribution in [2.24, 2.45) is 7.05 Å². The van der Waals surface area contributed by atoms with Gasteiger partial charge >= 0.3 is 0 Å². The van der Waals surface area contributed by atoms with Crippen LogP contribution in [0.5, 0.6) is 5.75 Å². The van der Waals surface area contributed by atoms with Gasteiger partial charge in [-0.25, -0.2) is 0 Å². The minimum atomic E-state index is -0.445. The van der Waals surface area contributed by atoms with E-state index in [1.54, 1.807) is 7.11 Å². The van der Waals surface area contributed by atoms with Crippen molar-refractivity contribution in [3.05, 3.63) is 95.7 Å². The number of rotatable bonds is 5. The van der Waals surface area contributed by atoms with Gasteiger partial charge in [-0.1, -0.05) is 48.5 Å². The Kier molecular flexibility index (Phi) is 5.28. The molecule has 1 amide bonds. The lowest BCUT2D eigenvalue weighted by Crippen LogP contribution is -2.18. The van der Waals surface area contributed by atoms with E-state index in [0.717, 1.165) is 27.8 Å². The van der Waals surface area contributed by atoms with Crippen LogP contribution in [0.3, 0.4) is 0 Å². The van der Waals surface area contributed by atoms with Gasteiger partial charge in [-0.2, -0.15) is 0 Å². The van der Waals surface area contributed by atoms with Crippen LogP contribution in [0.1, 0.15) is 27.0 Å². The van der Waals surface area contributed by atoms with Crippen LogP contribution in [0.2, 0.25) is 0 Å². The number of benzene rings is 3. The highest BCUT2D eigenvalue weighted by Gasteiger charge is 2.26. The lowest BCUT2D eigenvalue weighted by atomic mass is 10.0. The molecule has 0 fully saturated rings. The molecule has 0 bridgehead atoms. The number of fused-ring (bicyclic) bond motifs is 1. The van der Waals surface area contributed by atoms with E-state index >= 15 is 0 Å². The number of aromatic nitrogens is 1. The molecule has 0 radical (unpaired) electrons. The van der Waals surface area contributed by atoms with Gasteiger partial charge in [-0.15, -0.1) is 11.6 Å². The number of methoxy groups -OCH3 is 1. The van der Waals surface area contributed by atoms with Crippen molar-refractivity contribution in [1.82, 2.24) is 4.57 Å². The molecule has 1 aromatic heterocycles. The lowest BCUT2D eigenvalue weighted by Gasteiger charge is -2.14. The van der Waals surface area contributed by atoms with Crippen molar-refractivity contribution in [3.63, 3.8) is 0 Å². The van der Waals surface area contributed by atoms with Crippen LogP contribution in [0.25, 0.3) is 10.9 Å². The molecule has 29 heavy (non-hydrogen) atoms. The second-order valence-corrected chi connectivity index (χ2v) is 7.23. The first kappa shape index (κ1) is 19.1. The van der Waals surface area contributed by atoms with E-state index in [1.165, 1.54) is 0 Å². The molecule has 0 spiro atoms. The summed E-state index contributed by atoms with van der Waals surface area (Å²) in [6.07, 6.45) is 0. The first-order chi connectivity index (χ1) is 14.1. The van der Waals surface area contributed by atoms with E-state index in [-0.39, 0.29) is 5.91 Å². The fraction of sp³-hybridized carbons (Fsp3) is 0.125. The van der Waals surface area contributed by atoms with Crippen LogP contribution in [0.4, 0.5) is 5.69 Å². The molecule has 0 aliphatic rings. The van der Waals surface area contributed by atoms with E-state index in [9.17, 15) is 4.79 Å². The van der Waals surface area contributed by atoms with Gasteiger partial charge in [0.15, 0.2) is 0 Å². The number of carbonyl (C=O) groups excluding carboxylic acids is 1. The summed E-state index contributed by atoms with van der Waals surface area (Å²) in [6.45, 7) is 0. The number of anilines is 1. The number of aryl methyl sites for hydroxylation is 1. The summed E-state index contributed by atoms with van der Waals surface area (Å²) in [6, 6.07) is 25.0. The molecule has 1 heterocycles. The van der Waals surface area contributed by atoms with Crippen LogP contribution >= 0.6 is 11.6 Å². The molecule has 5 heteroatoms. The van der Waals surface area contributed by atoms with Gasteiger partial charge in [-0.05, 0) is 35.9 Å². The summed E-state index contributed by atoms with van der Waals surface area (Å²) >= 11 is 6.91. The first-order valence-electron chi connectivity index (χ1n) is 9.32. The third kappa shape index (κ3) is 3.59. The number of alkyl halides is 1. The molecule has 3 aromatic carbocycles. The Morgan fingerprint density at radius 1 is 0.966 bits per heavy atom. The number of hydrogen-bond donors (Lipinski definition) is 1. The molecular weight excluding hydrogens is 384 g/mol. The monoisotopic (exact) mass is 404 g/mol. The van der Waals surface area contributed by atoms with Gasteiger partial charge in [0, 0.05) is 29.2 Å². The Labute approximate surface area is 174 Å². The highest BCUT2D eigenvalue weighted by atomic mass is 35.5. The molecule has 0 saturated heterocycles. The SMILES string of the molecule is COc1ccc(NC(=O)c2c(C(Cl)c3ccccc3)c3ccccc3n2C)cc1. The average Bonchev–Trinajstić information content (AvgIpc) is 3.07. The summed E-state index contributed by atoms with van der Waals surface area (Å²) in [5, 5.41) is 3.51. The van der Waals surface area contributed by atoms with Crippen molar-refractivity contribution in [3.8, 4) is 5.75 Å². The van der Waals surface area contributed by atoms with Gasteiger partial charge in [0.25, 0.3) is 5.91 Å². The Morgan fingerprint density at radius 3 is 2.31 bits per heavy atom. The fourth-order valence-electron chi connectivity index (χ4n) is 3.61. The molecule has 0 aliphatic carbocycles. The third-order valence-electron chi connectivity index (χ3n) is 5.05. The number of hydrogen-bond acceptors (Lipinski definition) is 2. The maximum absolute atomic E-state index is 13.3. The van der Waals surface area contributed by atoms with E-state index in [4.69, 9.17) is 16.3 Å². The predicted octanol–water partition coefficient (Wildman–Crippen LogP) is 5.77. The zero-order valence-corrected chi connectivity index (χ0v) is 17.0. The zero-order chi connectivity index (χ0) is 20.4. The molecule has 4 rings (SSSR count). The van der Waals surface area contributed by atoms with E-state index in [0.29, 0.717) is 11.4 Å². The molecule has 0 saturated carbocycles. The normalized spacial score (nSPS) is 12.0. The van der Waals surface area contributed by atoms with Crippen LogP contribution in [0, 0.1) is 0 Å². The summed E-state index contributed by atoms with van der Waals surface area (Å²) < 4.78 is 7.09. The van der Waals surface area contributed by atoms with Crippen LogP contribution in [-0.2, 0) is 7.05 Å². The molecule has 1 atom stereocenters. The summed E-state index contributed by atoms with van der Waals surface area (Å²) in [5.41, 5.74) is 3.96. The van der Waals surface area contributed by atoms with E-state index < -0.39 is 5.38 Å². The maximum atomic E-state index is 13.3. The molecule has 1 unspecified atom stereocenters. The van der Waals surface area contributed by atoms with Crippen LogP contribution < -0.4 is 10.1 Å².